The van der Waals surface area contributed by atoms with E-state index in [9.17, 15) is 4.79 Å². The summed E-state index contributed by atoms with van der Waals surface area (Å²) in [6, 6.07) is 15.1. The van der Waals surface area contributed by atoms with Gasteiger partial charge in [-0.05, 0) is 37.6 Å². The summed E-state index contributed by atoms with van der Waals surface area (Å²) in [6.45, 7) is 4.90. The predicted molar refractivity (Wildman–Crippen MR) is 107 cm³/mol. The van der Waals surface area contributed by atoms with Crippen LogP contribution in [0, 0.1) is 6.92 Å². The number of nitrogens with one attached hydrogen (secondary N) is 1. The van der Waals surface area contributed by atoms with Crippen molar-refractivity contribution >= 4 is 12.1 Å². The van der Waals surface area contributed by atoms with Gasteiger partial charge >= 0.3 is 0 Å². The first-order valence-electron chi connectivity index (χ1n) is 9.32. The van der Waals surface area contributed by atoms with E-state index in [1.165, 1.54) is 25.7 Å². The summed E-state index contributed by atoms with van der Waals surface area (Å²) in [6.07, 6.45) is 7.65. The summed E-state index contributed by atoms with van der Waals surface area (Å²) < 4.78 is 5.87. The number of benzene rings is 2. The average Bonchev–Trinajstić information content (AvgIpc) is 2.66. The van der Waals surface area contributed by atoms with Crippen LogP contribution >= 0.6 is 0 Å². The Labute approximate surface area is 156 Å². The van der Waals surface area contributed by atoms with Crippen LogP contribution in [0.5, 0.6) is 5.75 Å². The maximum absolute atomic E-state index is 12.1. The van der Waals surface area contributed by atoms with Crippen molar-refractivity contribution in [2.45, 2.75) is 46.0 Å². The third kappa shape index (κ3) is 6.71. The van der Waals surface area contributed by atoms with E-state index in [-0.39, 0.29) is 5.91 Å². The maximum Gasteiger partial charge on any atom is 0.271 e. The summed E-state index contributed by atoms with van der Waals surface area (Å²) >= 11 is 0. The molecule has 4 nitrogen and oxygen atoms in total. The molecule has 0 aliphatic heterocycles. The molecule has 4 heteroatoms. The van der Waals surface area contributed by atoms with Crippen molar-refractivity contribution in [1.82, 2.24) is 5.43 Å². The molecule has 0 saturated carbocycles. The number of para-hydroxylation sites is 1. The van der Waals surface area contributed by atoms with Crippen molar-refractivity contribution in [2.75, 3.05) is 6.61 Å². The number of hydrogen-bond donors (Lipinski definition) is 1. The van der Waals surface area contributed by atoms with Gasteiger partial charge in [0.2, 0.25) is 0 Å². The zero-order valence-electron chi connectivity index (χ0n) is 15.7. The number of unbranched alkanes of at least 4 members (excludes halogenated alkanes) is 4. The summed E-state index contributed by atoms with van der Waals surface area (Å²) in [5.41, 5.74) is 5.12. The van der Waals surface area contributed by atoms with E-state index in [1.54, 1.807) is 18.3 Å². The van der Waals surface area contributed by atoms with Gasteiger partial charge in [0, 0.05) is 11.1 Å². The second-order valence-electron chi connectivity index (χ2n) is 6.37. The Kier molecular flexibility index (Phi) is 8.40. The fourth-order valence-corrected chi connectivity index (χ4v) is 2.54. The molecular weight excluding hydrogens is 324 g/mol. The maximum atomic E-state index is 12.1. The number of rotatable bonds is 10. The monoisotopic (exact) mass is 352 g/mol. The Morgan fingerprint density at radius 1 is 1.04 bits per heavy atom. The number of carbonyl (C=O) groups excluding carboxylic acids is 1. The molecule has 2 rings (SSSR count). The Balaban J connectivity index is 1.85. The third-order valence-corrected chi connectivity index (χ3v) is 4.11. The van der Waals surface area contributed by atoms with E-state index in [2.05, 4.69) is 17.5 Å². The minimum absolute atomic E-state index is 0.226. The van der Waals surface area contributed by atoms with Crippen LogP contribution in [0.25, 0.3) is 0 Å². The molecule has 0 aliphatic rings. The molecule has 2 aromatic rings. The number of amides is 1. The van der Waals surface area contributed by atoms with Crippen molar-refractivity contribution in [3.05, 3.63) is 65.2 Å². The van der Waals surface area contributed by atoms with E-state index in [0.29, 0.717) is 12.2 Å². The molecule has 138 valence electrons. The second-order valence-corrected chi connectivity index (χ2v) is 6.37. The Bertz CT molecular complexity index is 708. The van der Waals surface area contributed by atoms with E-state index < -0.39 is 0 Å². The molecule has 0 radical (unpaired) electrons. The van der Waals surface area contributed by atoms with Crippen molar-refractivity contribution in [3.8, 4) is 5.75 Å². The van der Waals surface area contributed by atoms with E-state index in [1.807, 2.05) is 43.3 Å². The molecule has 0 atom stereocenters. The predicted octanol–water partition coefficient (Wildman–Crippen LogP) is 5.11. The zero-order valence-corrected chi connectivity index (χ0v) is 15.7. The van der Waals surface area contributed by atoms with Gasteiger partial charge in [-0.1, -0.05) is 62.4 Å². The Morgan fingerprint density at radius 3 is 2.54 bits per heavy atom. The number of carbonyl (C=O) groups is 1. The third-order valence-electron chi connectivity index (χ3n) is 4.11. The Morgan fingerprint density at radius 2 is 1.77 bits per heavy atom. The highest BCUT2D eigenvalue weighted by atomic mass is 16.5. The van der Waals surface area contributed by atoms with Gasteiger partial charge in [0.25, 0.3) is 5.91 Å². The smallest absolute Gasteiger partial charge is 0.271 e. The molecule has 0 bridgehead atoms. The van der Waals surface area contributed by atoms with Gasteiger partial charge in [0.05, 0.1) is 12.8 Å². The molecule has 2 aromatic carbocycles. The van der Waals surface area contributed by atoms with Crippen molar-refractivity contribution in [2.24, 2.45) is 5.10 Å². The molecule has 0 saturated heterocycles. The van der Waals surface area contributed by atoms with E-state index in [0.717, 1.165) is 23.3 Å². The van der Waals surface area contributed by atoms with E-state index >= 15 is 0 Å². The average molecular weight is 352 g/mol. The lowest BCUT2D eigenvalue weighted by atomic mass is 10.1. The van der Waals surface area contributed by atoms with Crippen LogP contribution in [0.15, 0.2) is 53.6 Å². The molecule has 0 aliphatic carbocycles. The number of nitrogens with zero attached hydrogens (tertiary/aromatic N) is 1. The minimum Gasteiger partial charge on any atom is -0.493 e. The van der Waals surface area contributed by atoms with Gasteiger partial charge in [-0.3, -0.25) is 4.79 Å². The van der Waals surface area contributed by atoms with Gasteiger partial charge in [0.15, 0.2) is 0 Å². The van der Waals surface area contributed by atoms with Gasteiger partial charge in [0.1, 0.15) is 5.75 Å². The standard InChI is InChI=1S/C22H28N2O2/c1-3-4-5-6-9-16-26-21-11-8-7-10-20(21)17-23-24-22(25)19-14-12-18(2)13-15-19/h7-8,10-15,17H,3-6,9,16H2,1-2H3,(H,24,25)/b23-17+. The summed E-state index contributed by atoms with van der Waals surface area (Å²) in [5.74, 6) is 0.562. The molecule has 0 fully saturated rings. The van der Waals surface area contributed by atoms with Gasteiger partial charge in [-0.25, -0.2) is 5.43 Å². The van der Waals surface area contributed by atoms with Crippen LogP contribution < -0.4 is 10.2 Å². The quantitative estimate of drug-likeness (QED) is 0.367. The van der Waals surface area contributed by atoms with Crippen LogP contribution in [0.3, 0.4) is 0 Å². The lowest BCUT2D eigenvalue weighted by Gasteiger charge is -2.08. The highest BCUT2D eigenvalue weighted by Gasteiger charge is 2.04. The molecule has 0 spiro atoms. The molecule has 1 amide bonds. The number of aryl methyl sites for hydroxylation is 1. The molecule has 1 N–H and O–H groups in total. The van der Waals surface area contributed by atoms with Crippen LogP contribution in [0.4, 0.5) is 0 Å². The highest BCUT2D eigenvalue weighted by Crippen LogP contribution is 2.16. The van der Waals surface area contributed by atoms with Gasteiger partial charge in [-0.2, -0.15) is 5.10 Å². The number of hydrazone groups is 1. The SMILES string of the molecule is CCCCCCCOc1ccccc1/C=N/NC(=O)c1ccc(C)cc1. The molecule has 26 heavy (non-hydrogen) atoms. The van der Waals surface area contributed by atoms with Crippen molar-refractivity contribution in [1.29, 1.82) is 0 Å². The summed E-state index contributed by atoms with van der Waals surface area (Å²) in [4.78, 5) is 12.1. The van der Waals surface area contributed by atoms with Crippen molar-refractivity contribution < 1.29 is 9.53 Å². The Hall–Kier alpha value is -2.62. The lowest BCUT2D eigenvalue weighted by Crippen LogP contribution is -2.17. The molecule has 0 heterocycles. The normalized spacial score (nSPS) is 10.8. The highest BCUT2D eigenvalue weighted by molar-refractivity contribution is 5.95. The molecule has 0 unspecified atom stereocenters. The fraction of sp³-hybridized carbons (Fsp3) is 0.364. The van der Waals surface area contributed by atoms with Crippen molar-refractivity contribution in [3.63, 3.8) is 0 Å². The van der Waals surface area contributed by atoms with Crippen LogP contribution in [-0.2, 0) is 0 Å². The van der Waals surface area contributed by atoms with Crippen LogP contribution in [0.1, 0.15) is 60.5 Å². The first-order valence-corrected chi connectivity index (χ1v) is 9.32. The van der Waals surface area contributed by atoms with Gasteiger partial charge < -0.3 is 4.74 Å². The summed E-state index contributed by atoms with van der Waals surface area (Å²) in [5, 5.41) is 4.07. The lowest BCUT2D eigenvalue weighted by molar-refractivity contribution is 0.0955. The zero-order chi connectivity index (χ0) is 18.6. The van der Waals surface area contributed by atoms with Gasteiger partial charge in [-0.15, -0.1) is 0 Å². The largest absolute Gasteiger partial charge is 0.493 e. The molecular formula is C22H28N2O2. The second kappa shape index (κ2) is 11.1. The van der Waals surface area contributed by atoms with E-state index in [4.69, 9.17) is 4.74 Å². The fourth-order valence-electron chi connectivity index (χ4n) is 2.54. The topological polar surface area (TPSA) is 50.7 Å². The molecule has 0 aromatic heterocycles. The van der Waals surface area contributed by atoms with Crippen LogP contribution in [0.2, 0.25) is 0 Å². The number of ether oxygens (including phenoxy) is 1. The summed E-state index contributed by atoms with van der Waals surface area (Å²) in [7, 11) is 0. The first kappa shape index (κ1) is 19.7. The number of hydrogen-bond acceptors (Lipinski definition) is 3. The first-order chi connectivity index (χ1) is 12.7. The minimum atomic E-state index is -0.226. The van der Waals surface area contributed by atoms with Crippen LogP contribution in [-0.4, -0.2) is 18.7 Å².